The van der Waals surface area contributed by atoms with Gasteiger partial charge >= 0.3 is 0 Å². The molecule has 2 N–H and O–H groups in total. The highest BCUT2D eigenvalue weighted by Crippen LogP contribution is 2.34. The van der Waals surface area contributed by atoms with E-state index in [-0.39, 0.29) is 36.8 Å². The monoisotopic (exact) mass is 410 g/mol. The number of thiophene rings is 1. The molecule has 24 heavy (non-hydrogen) atoms. The first-order chi connectivity index (χ1) is 10.7. The lowest BCUT2D eigenvalue weighted by molar-refractivity contribution is 0.0935. The summed E-state index contributed by atoms with van der Waals surface area (Å²) >= 11 is 3.17. The molecular weight excluding hydrogens is 387 g/mol. The Bertz CT molecular complexity index is 619. The maximum absolute atomic E-state index is 12.3. The van der Waals surface area contributed by atoms with Gasteiger partial charge < -0.3 is 15.5 Å². The van der Waals surface area contributed by atoms with Crippen LogP contribution in [-0.4, -0.2) is 43.1 Å². The predicted molar refractivity (Wildman–Crippen MR) is 109 cm³/mol. The normalized spacial score (nSPS) is 17.0. The van der Waals surface area contributed by atoms with E-state index in [1.165, 1.54) is 11.3 Å². The fourth-order valence-electron chi connectivity index (χ4n) is 2.70. The van der Waals surface area contributed by atoms with Crippen molar-refractivity contribution in [2.45, 2.75) is 32.7 Å². The van der Waals surface area contributed by atoms with Crippen LogP contribution in [0.3, 0.4) is 0 Å². The van der Waals surface area contributed by atoms with Gasteiger partial charge in [-0.15, -0.1) is 36.2 Å². The van der Waals surface area contributed by atoms with E-state index < -0.39 is 0 Å². The zero-order valence-electron chi connectivity index (χ0n) is 13.8. The number of halogens is 2. The average molecular weight is 411 g/mol. The topological polar surface area (TPSA) is 57.3 Å². The Balaban J connectivity index is 0.00000144. The van der Waals surface area contributed by atoms with Crippen molar-refractivity contribution in [3.8, 4) is 0 Å². The number of nitrogens with one attached hydrogen (secondary N) is 2. The van der Waals surface area contributed by atoms with Crippen LogP contribution >= 0.6 is 47.5 Å². The second-order valence-electron chi connectivity index (χ2n) is 5.47. The fraction of sp³-hybridized carbons (Fsp3) is 0.600. The number of hydrogen-bond acceptors (Lipinski definition) is 6. The van der Waals surface area contributed by atoms with Crippen molar-refractivity contribution in [2.75, 3.05) is 31.1 Å². The molecule has 0 spiro atoms. The molecule has 1 aliphatic rings. The molecule has 136 valence electrons. The molecule has 5 nitrogen and oxygen atoms in total. The van der Waals surface area contributed by atoms with Crippen molar-refractivity contribution >= 4 is 68.1 Å². The zero-order valence-corrected chi connectivity index (χ0v) is 17.1. The number of carbonyl (C=O) groups is 1. The van der Waals surface area contributed by atoms with Gasteiger partial charge in [-0.25, -0.2) is 4.98 Å². The summed E-state index contributed by atoms with van der Waals surface area (Å²) in [5, 5.41) is 7.49. The molecule has 0 radical (unpaired) electrons. The third-order valence-corrected chi connectivity index (χ3v) is 6.19. The minimum atomic E-state index is 0. The van der Waals surface area contributed by atoms with Crippen LogP contribution in [0.4, 0.5) is 5.13 Å². The lowest BCUT2D eigenvalue weighted by Gasteiger charge is -2.23. The molecule has 0 aromatic carbocycles. The minimum Gasteiger partial charge on any atom is -0.349 e. The maximum Gasteiger partial charge on any atom is 0.261 e. The minimum absolute atomic E-state index is 0. The molecule has 3 rings (SSSR count). The molecule has 0 saturated carbocycles. The molecule has 0 bridgehead atoms. The van der Waals surface area contributed by atoms with E-state index >= 15 is 0 Å². The molecule has 2 aromatic heterocycles. The summed E-state index contributed by atoms with van der Waals surface area (Å²) in [6, 6.07) is 2.23. The maximum atomic E-state index is 12.3. The van der Waals surface area contributed by atoms with Crippen LogP contribution in [0.1, 0.15) is 36.4 Å². The molecule has 1 fully saturated rings. The molecule has 1 saturated heterocycles. The summed E-state index contributed by atoms with van der Waals surface area (Å²) < 4.78 is 1.11. The SMILES string of the molecule is CCN(CC)c1nc2sc(C(=O)NC3CCCNC3)cc2s1.Cl.Cl. The first-order valence-corrected chi connectivity index (χ1v) is 9.51. The molecule has 2 aromatic rings. The number of amides is 1. The zero-order chi connectivity index (χ0) is 15.5. The van der Waals surface area contributed by atoms with E-state index in [1.807, 2.05) is 6.07 Å². The number of hydrogen-bond donors (Lipinski definition) is 2. The quantitative estimate of drug-likeness (QED) is 0.791. The highest BCUT2D eigenvalue weighted by molar-refractivity contribution is 7.29. The van der Waals surface area contributed by atoms with Crippen LogP contribution in [0.15, 0.2) is 6.07 Å². The van der Waals surface area contributed by atoms with Crippen LogP contribution in [0.5, 0.6) is 0 Å². The second-order valence-corrected chi connectivity index (χ2v) is 7.51. The van der Waals surface area contributed by atoms with Gasteiger partial charge in [0.1, 0.15) is 4.83 Å². The number of aromatic nitrogens is 1. The summed E-state index contributed by atoms with van der Waals surface area (Å²) in [6.07, 6.45) is 2.18. The Hall–Kier alpha value is -0.600. The lowest BCUT2D eigenvalue weighted by Crippen LogP contribution is -2.45. The van der Waals surface area contributed by atoms with E-state index in [2.05, 4.69) is 34.4 Å². The molecule has 0 aliphatic carbocycles. The molecule has 3 heterocycles. The van der Waals surface area contributed by atoms with Crippen LogP contribution in [0.25, 0.3) is 9.53 Å². The highest BCUT2D eigenvalue weighted by Gasteiger charge is 2.19. The Morgan fingerprint density at radius 2 is 2.12 bits per heavy atom. The molecule has 9 heteroatoms. The first-order valence-electron chi connectivity index (χ1n) is 7.88. The number of fused-ring (bicyclic) bond motifs is 1. The predicted octanol–water partition coefficient (Wildman–Crippen LogP) is 3.53. The van der Waals surface area contributed by atoms with Crippen LogP contribution in [0, 0.1) is 0 Å². The van der Waals surface area contributed by atoms with E-state index in [9.17, 15) is 4.79 Å². The second kappa shape index (κ2) is 9.77. The Kier molecular flexibility index (Phi) is 8.73. The lowest BCUT2D eigenvalue weighted by atomic mass is 10.1. The average Bonchev–Trinajstić information content (AvgIpc) is 3.08. The van der Waals surface area contributed by atoms with Crippen molar-refractivity contribution in [2.24, 2.45) is 0 Å². The standard InChI is InChI=1S/C15H22N4OS2.2ClH/c1-3-19(4-2)15-18-14-12(22-15)8-11(21-14)13(20)17-10-6-5-7-16-9-10;;/h8,10,16H,3-7,9H2,1-2H3,(H,17,20);2*1H. The third kappa shape index (κ3) is 4.73. The van der Waals surface area contributed by atoms with Gasteiger partial charge in [0.2, 0.25) is 0 Å². The van der Waals surface area contributed by atoms with E-state index in [0.717, 1.165) is 58.6 Å². The molecule has 1 aliphatic heterocycles. The van der Waals surface area contributed by atoms with Crippen LogP contribution in [-0.2, 0) is 0 Å². The Morgan fingerprint density at radius 1 is 1.38 bits per heavy atom. The van der Waals surface area contributed by atoms with Crippen LogP contribution in [0.2, 0.25) is 0 Å². The number of anilines is 1. The van der Waals surface area contributed by atoms with Crippen molar-refractivity contribution in [1.82, 2.24) is 15.6 Å². The number of rotatable bonds is 5. The van der Waals surface area contributed by atoms with Gasteiger partial charge in [-0.3, -0.25) is 4.79 Å². The molecular formula is C15H24Cl2N4OS2. The van der Waals surface area contributed by atoms with Gasteiger partial charge in [0, 0.05) is 25.7 Å². The summed E-state index contributed by atoms with van der Waals surface area (Å²) in [4.78, 5) is 21.0. The third-order valence-electron chi connectivity index (χ3n) is 3.97. The Labute approximate surface area is 163 Å². The first kappa shape index (κ1) is 21.4. The smallest absolute Gasteiger partial charge is 0.261 e. The summed E-state index contributed by atoms with van der Waals surface area (Å²) in [6.45, 7) is 8.11. The highest BCUT2D eigenvalue weighted by atomic mass is 35.5. The summed E-state index contributed by atoms with van der Waals surface area (Å²) in [7, 11) is 0. The number of nitrogens with zero attached hydrogens (tertiary/aromatic N) is 2. The van der Waals surface area contributed by atoms with Crippen molar-refractivity contribution < 1.29 is 4.79 Å². The van der Waals surface area contributed by atoms with Gasteiger partial charge in [0.05, 0.1) is 9.58 Å². The van der Waals surface area contributed by atoms with Gasteiger partial charge in [-0.2, -0.15) is 0 Å². The van der Waals surface area contributed by atoms with Crippen molar-refractivity contribution in [1.29, 1.82) is 0 Å². The molecule has 1 unspecified atom stereocenters. The van der Waals surface area contributed by atoms with E-state index in [0.29, 0.717) is 0 Å². The molecule has 1 amide bonds. The van der Waals surface area contributed by atoms with E-state index in [4.69, 9.17) is 0 Å². The molecule has 1 atom stereocenters. The number of carbonyl (C=O) groups excluding carboxylic acids is 1. The van der Waals surface area contributed by atoms with E-state index in [1.54, 1.807) is 11.3 Å². The summed E-state index contributed by atoms with van der Waals surface area (Å²) in [5.41, 5.74) is 0. The number of thiazole rings is 1. The van der Waals surface area contributed by atoms with Crippen molar-refractivity contribution in [3.63, 3.8) is 0 Å². The van der Waals surface area contributed by atoms with Crippen LogP contribution < -0.4 is 15.5 Å². The summed E-state index contributed by atoms with van der Waals surface area (Å²) in [5.74, 6) is 0.0355. The van der Waals surface area contributed by atoms with Gasteiger partial charge in [-0.1, -0.05) is 11.3 Å². The Morgan fingerprint density at radius 3 is 2.71 bits per heavy atom. The largest absolute Gasteiger partial charge is 0.349 e. The fourth-order valence-corrected chi connectivity index (χ4v) is 4.94. The van der Waals surface area contributed by atoms with Gasteiger partial charge in [-0.05, 0) is 39.3 Å². The van der Waals surface area contributed by atoms with Crippen molar-refractivity contribution in [3.05, 3.63) is 10.9 Å². The van der Waals surface area contributed by atoms with Gasteiger partial charge in [0.15, 0.2) is 5.13 Å². The van der Waals surface area contributed by atoms with Gasteiger partial charge in [0.25, 0.3) is 5.91 Å². The number of piperidine rings is 1.